The average Bonchev–Trinajstić information content (AvgIpc) is 3.10. The van der Waals surface area contributed by atoms with E-state index in [-0.39, 0.29) is 5.91 Å². The van der Waals surface area contributed by atoms with Crippen molar-refractivity contribution in [1.29, 1.82) is 0 Å². The van der Waals surface area contributed by atoms with Gasteiger partial charge < -0.3 is 4.90 Å². The maximum Gasteiger partial charge on any atom is 0.246 e. The Morgan fingerprint density at radius 3 is 2.75 bits per heavy atom. The average molecular weight is 318 g/mol. The predicted octanol–water partition coefficient (Wildman–Crippen LogP) is 2.94. The summed E-state index contributed by atoms with van der Waals surface area (Å²) in [6.07, 6.45) is 10.4. The van der Waals surface area contributed by atoms with E-state index in [0.29, 0.717) is 6.54 Å². The topological polar surface area (TPSA) is 51.0 Å². The van der Waals surface area contributed by atoms with E-state index in [9.17, 15) is 4.79 Å². The quantitative estimate of drug-likeness (QED) is 0.680. The van der Waals surface area contributed by atoms with Gasteiger partial charge in [-0.05, 0) is 29.8 Å². The zero-order chi connectivity index (χ0) is 16.8. The fraction of sp³-hybridized carbons (Fsp3) is 0.105. The number of para-hydroxylation sites is 1. The lowest BCUT2D eigenvalue weighted by atomic mass is 10.2. The number of carbonyl (C=O) groups is 1. The Bertz CT molecular complexity index is 825. The van der Waals surface area contributed by atoms with Gasteiger partial charge in [0, 0.05) is 43.8 Å². The number of aromatic nitrogens is 3. The summed E-state index contributed by atoms with van der Waals surface area (Å²) in [5.41, 5.74) is 2.86. The van der Waals surface area contributed by atoms with Crippen molar-refractivity contribution in [2.75, 3.05) is 7.05 Å². The van der Waals surface area contributed by atoms with Gasteiger partial charge in [0.05, 0.1) is 11.9 Å². The molecule has 0 saturated heterocycles. The van der Waals surface area contributed by atoms with E-state index >= 15 is 0 Å². The van der Waals surface area contributed by atoms with Gasteiger partial charge in [0.15, 0.2) is 0 Å². The molecule has 0 spiro atoms. The molecule has 0 atom stereocenters. The molecule has 5 heteroatoms. The molecule has 0 N–H and O–H groups in total. The minimum absolute atomic E-state index is 0.0636. The van der Waals surface area contributed by atoms with Crippen LogP contribution >= 0.6 is 0 Å². The number of benzene rings is 1. The third-order valence-electron chi connectivity index (χ3n) is 3.56. The van der Waals surface area contributed by atoms with E-state index in [0.717, 1.165) is 16.8 Å². The molecule has 120 valence electrons. The first-order valence-corrected chi connectivity index (χ1v) is 7.64. The molecule has 1 amide bonds. The van der Waals surface area contributed by atoms with Crippen molar-refractivity contribution in [3.8, 4) is 5.69 Å². The summed E-state index contributed by atoms with van der Waals surface area (Å²) < 4.78 is 1.78. The van der Waals surface area contributed by atoms with Crippen LogP contribution in [0, 0.1) is 0 Å². The van der Waals surface area contributed by atoms with Gasteiger partial charge in [-0.3, -0.25) is 9.78 Å². The van der Waals surface area contributed by atoms with Crippen molar-refractivity contribution in [2.24, 2.45) is 0 Å². The Morgan fingerprint density at radius 2 is 2.00 bits per heavy atom. The van der Waals surface area contributed by atoms with Crippen LogP contribution in [-0.4, -0.2) is 32.6 Å². The summed E-state index contributed by atoms with van der Waals surface area (Å²) >= 11 is 0. The summed E-state index contributed by atoms with van der Waals surface area (Å²) in [6, 6.07) is 13.7. The van der Waals surface area contributed by atoms with Crippen LogP contribution in [0.5, 0.6) is 0 Å². The molecule has 5 nitrogen and oxygen atoms in total. The van der Waals surface area contributed by atoms with Gasteiger partial charge >= 0.3 is 0 Å². The molecule has 0 radical (unpaired) electrons. The maximum atomic E-state index is 12.2. The van der Waals surface area contributed by atoms with Crippen molar-refractivity contribution in [3.63, 3.8) is 0 Å². The van der Waals surface area contributed by atoms with Gasteiger partial charge in [0.1, 0.15) is 0 Å². The smallest absolute Gasteiger partial charge is 0.246 e. The number of likely N-dealkylation sites (N-methyl/N-ethyl adjacent to an activating group) is 1. The van der Waals surface area contributed by atoms with E-state index in [2.05, 4.69) is 10.1 Å². The lowest BCUT2D eigenvalue weighted by Gasteiger charge is -2.14. The summed E-state index contributed by atoms with van der Waals surface area (Å²) in [5.74, 6) is -0.0636. The van der Waals surface area contributed by atoms with Crippen molar-refractivity contribution < 1.29 is 4.79 Å². The molecule has 1 aromatic carbocycles. The maximum absolute atomic E-state index is 12.2. The van der Waals surface area contributed by atoms with Crippen LogP contribution in [0.25, 0.3) is 11.8 Å². The highest BCUT2D eigenvalue weighted by atomic mass is 16.2. The van der Waals surface area contributed by atoms with Gasteiger partial charge in [-0.1, -0.05) is 24.3 Å². The van der Waals surface area contributed by atoms with Crippen LogP contribution in [0.2, 0.25) is 0 Å². The lowest BCUT2D eigenvalue weighted by molar-refractivity contribution is -0.125. The van der Waals surface area contributed by atoms with E-state index < -0.39 is 0 Å². The second kappa shape index (κ2) is 7.37. The van der Waals surface area contributed by atoms with Crippen LogP contribution in [0.15, 0.2) is 73.3 Å². The first-order chi connectivity index (χ1) is 11.7. The van der Waals surface area contributed by atoms with Crippen molar-refractivity contribution in [3.05, 3.63) is 84.5 Å². The normalized spacial score (nSPS) is 10.9. The Hall–Kier alpha value is -3.21. The van der Waals surface area contributed by atoms with Crippen LogP contribution in [0.4, 0.5) is 0 Å². The van der Waals surface area contributed by atoms with Crippen LogP contribution in [0.1, 0.15) is 11.1 Å². The highest BCUT2D eigenvalue weighted by molar-refractivity contribution is 5.91. The molecule has 24 heavy (non-hydrogen) atoms. The molecular formula is C19H18N4O. The first-order valence-electron chi connectivity index (χ1n) is 7.64. The standard InChI is InChI=1S/C19H18N4O/c1-22(14-16-6-5-11-20-12-16)19(24)10-9-17-13-21-23(15-17)18-7-3-2-4-8-18/h2-13,15H,14H2,1H3. The molecule has 0 saturated carbocycles. The van der Waals surface area contributed by atoms with E-state index in [1.807, 2.05) is 48.7 Å². The molecule has 3 rings (SSSR count). The number of hydrogen-bond donors (Lipinski definition) is 0. The fourth-order valence-corrected chi connectivity index (χ4v) is 2.28. The molecule has 0 fully saturated rings. The highest BCUT2D eigenvalue weighted by Gasteiger charge is 2.06. The first kappa shape index (κ1) is 15.7. The van der Waals surface area contributed by atoms with Crippen LogP contribution < -0.4 is 0 Å². The lowest BCUT2D eigenvalue weighted by Crippen LogP contribution is -2.24. The SMILES string of the molecule is CN(Cc1cccnc1)C(=O)C=Cc1cnn(-c2ccccc2)c1. The Kier molecular flexibility index (Phi) is 4.81. The molecule has 0 bridgehead atoms. The van der Waals surface area contributed by atoms with Gasteiger partial charge in [0.2, 0.25) is 5.91 Å². The number of hydrogen-bond acceptors (Lipinski definition) is 3. The monoisotopic (exact) mass is 318 g/mol. The van der Waals surface area contributed by atoms with Gasteiger partial charge in [-0.25, -0.2) is 4.68 Å². The number of carbonyl (C=O) groups excluding carboxylic acids is 1. The minimum atomic E-state index is -0.0636. The summed E-state index contributed by atoms with van der Waals surface area (Å²) in [6.45, 7) is 0.528. The number of nitrogens with zero attached hydrogens (tertiary/aromatic N) is 4. The van der Waals surface area contributed by atoms with Crippen LogP contribution in [-0.2, 0) is 11.3 Å². The second-order valence-corrected chi connectivity index (χ2v) is 5.44. The molecule has 3 aromatic rings. The van der Waals surface area contributed by atoms with E-state index in [1.165, 1.54) is 0 Å². The predicted molar refractivity (Wildman–Crippen MR) is 93.3 cm³/mol. The second-order valence-electron chi connectivity index (χ2n) is 5.44. The molecule has 2 heterocycles. The van der Waals surface area contributed by atoms with Crippen LogP contribution in [0.3, 0.4) is 0 Å². The molecule has 0 aliphatic carbocycles. The molecule has 0 aliphatic rings. The third kappa shape index (κ3) is 3.95. The largest absolute Gasteiger partial charge is 0.338 e. The number of rotatable bonds is 5. The van der Waals surface area contributed by atoms with Crippen molar-refractivity contribution in [1.82, 2.24) is 19.7 Å². The Morgan fingerprint density at radius 1 is 1.17 bits per heavy atom. The summed E-state index contributed by atoms with van der Waals surface area (Å²) in [5, 5.41) is 4.31. The van der Waals surface area contributed by atoms with Crippen molar-refractivity contribution >= 4 is 12.0 Å². The molecular weight excluding hydrogens is 300 g/mol. The summed E-state index contributed by atoms with van der Waals surface area (Å²) in [7, 11) is 1.77. The summed E-state index contributed by atoms with van der Waals surface area (Å²) in [4.78, 5) is 17.9. The van der Waals surface area contributed by atoms with E-state index in [1.54, 1.807) is 47.4 Å². The third-order valence-corrected chi connectivity index (χ3v) is 3.56. The number of amides is 1. The van der Waals surface area contributed by atoms with Crippen molar-refractivity contribution in [2.45, 2.75) is 6.54 Å². The van der Waals surface area contributed by atoms with Gasteiger partial charge in [-0.2, -0.15) is 5.10 Å². The van der Waals surface area contributed by atoms with E-state index in [4.69, 9.17) is 0 Å². The fourth-order valence-electron chi connectivity index (χ4n) is 2.28. The Labute approximate surface area is 140 Å². The molecule has 0 unspecified atom stereocenters. The molecule has 0 aliphatic heterocycles. The highest BCUT2D eigenvalue weighted by Crippen LogP contribution is 2.09. The Balaban J connectivity index is 1.63. The van der Waals surface area contributed by atoms with Gasteiger partial charge in [0.25, 0.3) is 0 Å². The molecule has 2 aromatic heterocycles. The minimum Gasteiger partial charge on any atom is -0.338 e. The zero-order valence-electron chi connectivity index (χ0n) is 13.4. The zero-order valence-corrected chi connectivity index (χ0v) is 13.4. The number of pyridine rings is 1. The van der Waals surface area contributed by atoms with Gasteiger partial charge in [-0.15, -0.1) is 0 Å².